The Bertz CT molecular complexity index is 663. The number of likely N-dealkylation sites (N-methyl/N-ethyl adjacent to an activating group) is 1. The molecule has 1 unspecified atom stereocenters. The molecule has 0 bridgehead atoms. The monoisotopic (exact) mass is 347 g/mol. The van der Waals surface area contributed by atoms with Crippen LogP contribution in [0, 0.1) is 0 Å². The van der Waals surface area contributed by atoms with Gasteiger partial charge in [-0.05, 0) is 32.2 Å². The molecule has 1 atom stereocenters. The molecule has 21 heavy (non-hydrogen) atoms. The molecule has 1 aromatic carbocycles. The molecule has 0 aromatic heterocycles. The molecule has 2 rings (SSSR count). The lowest BCUT2D eigenvalue weighted by atomic mass is 10.2. The van der Waals surface area contributed by atoms with Crippen molar-refractivity contribution in [1.82, 2.24) is 9.21 Å². The normalized spacial score (nSPS) is 21.4. The standard InChI is InChI=1S/C13H18ClN3O2S2/c1-9-8-17(6-5-16(9)2)21(18,19)10-3-4-11(13(15)20)12(14)7-10/h3-4,7,9H,5-6,8H2,1-2H3,(H2,15,20). The SMILES string of the molecule is CC1CN(S(=O)(=O)c2ccc(C(N)=S)c(Cl)c2)CCN1C. The Hall–Kier alpha value is -0.730. The smallest absolute Gasteiger partial charge is 0.243 e. The molecule has 0 aliphatic carbocycles. The summed E-state index contributed by atoms with van der Waals surface area (Å²) in [5.41, 5.74) is 6.02. The van der Waals surface area contributed by atoms with Gasteiger partial charge in [-0.1, -0.05) is 23.8 Å². The summed E-state index contributed by atoms with van der Waals surface area (Å²) in [4.78, 5) is 2.45. The van der Waals surface area contributed by atoms with Crippen LogP contribution in [0.3, 0.4) is 0 Å². The second-order valence-electron chi connectivity index (χ2n) is 5.20. The van der Waals surface area contributed by atoms with Gasteiger partial charge in [-0.25, -0.2) is 8.42 Å². The van der Waals surface area contributed by atoms with Gasteiger partial charge >= 0.3 is 0 Å². The Morgan fingerprint density at radius 2 is 2.10 bits per heavy atom. The lowest BCUT2D eigenvalue weighted by Crippen LogP contribution is -2.51. The number of benzene rings is 1. The van der Waals surface area contributed by atoms with Crippen LogP contribution in [0.2, 0.25) is 5.02 Å². The molecule has 5 nitrogen and oxygen atoms in total. The lowest BCUT2D eigenvalue weighted by molar-refractivity contribution is 0.159. The van der Waals surface area contributed by atoms with Crippen LogP contribution in [0.1, 0.15) is 12.5 Å². The van der Waals surface area contributed by atoms with Gasteiger partial charge in [0.15, 0.2) is 0 Å². The van der Waals surface area contributed by atoms with Crippen LogP contribution in [0.25, 0.3) is 0 Å². The maximum Gasteiger partial charge on any atom is 0.243 e. The van der Waals surface area contributed by atoms with Gasteiger partial charge in [-0.15, -0.1) is 0 Å². The number of hydrogen-bond acceptors (Lipinski definition) is 4. The molecule has 0 radical (unpaired) electrons. The molecular formula is C13H18ClN3O2S2. The van der Waals surface area contributed by atoms with E-state index in [1.54, 1.807) is 6.07 Å². The second kappa shape index (κ2) is 6.18. The average molecular weight is 348 g/mol. The highest BCUT2D eigenvalue weighted by Gasteiger charge is 2.31. The van der Waals surface area contributed by atoms with Crippen molar-refractivity contribution in [3.05, 3.63) is 28.8 Å². The summed E-state index contributed by atoms with van der Waals surface area (Å²) in [5.74, 6) is 0. The molecule has 1 saturated heterocycles. The molecule has 0 saturated carbocycles. The molecule has 8 heteroatoms. The summed E-state index contributed by atoms with van der Waals surface area (Å²) in [6, 6.07) is 4.64. The van der Waals surface area contributed by atoms with E-state index in [1.165, 1.54) is 16.4 Å². The lowest BCUT2D eigenvalue weighted by Gasteiger charge is -2.36. The Morgan fingerprint density at radius 1 is 1.43 bits per heavy atom. The van der Waals surface area contributed by atoms with Gasteiger partial charge in [-0.2, -0.15) is 4.31 Å². The van der Waals surface area contributed by atoms with Crippen LogP contribution in [0.15, 0.2) is 23.1 Å². The van der Waals surface area contributed by atoms with E-state index in [4.69, 9.17) is 29.6 Å². The van der Waals surface area contributed by atoms with E-state index in [9.17, 15) is 8.42 Å². The van der Waals surface area contributed by atoms with E-state index in [0.29, 0.717) is 25.2 Å². The van der Waals surface area contributed by atoms with Gasteiger partial charge in [0.2, 0.25) is 10.0 Å². The van der Waals surface area contributed by atoms with Crippen molar-refractivity contribution in [3.8, 4) is 0 Å². The molecular weight excluding hydrogens is 330 g/mol. The van der Waals surface area contributed by atoms with Crippen LogP contribution >= 0.6 is 23.8 Å². The fourth-order valence-corrected chi connectivity index (χ4v) is 4.36. The van der Waals surface area contributed by atoms with Gasteiger partial charge < -0.3 is 10.6 Å². The van der Waals surface area contributed by atoms with Crippen molar-refractivity contribution in [1.29, 1.82) is 0 Å². The average Bonchev–Trinajstić information content (AvgIpc) is 2.41. The van der Waals surface area contributed by atoms with Crippen LogP contribution in [-0.4, -0.2) is 55.3 Å². The molecule has 1 aliphatic heterocycles. The first kappa shape index (κ1) is 16.6. The maximum absolute atomic E-state index is 12.7. The van der Waals surface area contributed by atoms with E-state index >= 15 is 0 Å². The van der Waals surface area contributed by atoms with Crippen molar-refractivity contribution >= 4 is 38.8 Å². The summed E-state index contributed by atoms with van der Waals surface area (Å²) in [7, 11) is -1.56. The highest BCUT2D eigenvalue weighted by atomic mass is 35.5. The zero-order chi connectivity index (χ0) is 15.8. The first-order valence-electron chi connectivity index (χ1n) is 6.53. The Kier molecular flexibility index (Phi) is 4.89. The Balaban J connectivity index is 2.32. The minimum absolute atomic E-state index is 0.150. The van der Waals surface area contributed by atoms with Crippen LogP contribution in [0.4, 0.5) is 0 Å². The number of hydrogen-bond donors (Lipinski definition) is 1. The van der Waals surface area contributed by atoms with E-state index in [2.05, 4.69) is 4.90 Å². The molecule has 1 fully saturated rings. The van der Waals surface area contributed by atoms with Crippen molar-refractivity contribution in [2.24, 2.45) is 5.73 Å². The van der Waals surface area contributed by atoms with E-state index < -0.39 is 10.0 Å². The number of rotatable bonds is 3. The minimum Gasteiger partial charge on any atom is -0.389 e. The van der Waals surface area contributed by atoms with Gasteiger partial charge in [0, 0.05) is 31.2 Å². The fourth-order valence-electron chi connectivity index (χ4n) is 2.24. The van der Waals surface area contributed by atoms with Crippen LogP contribution in [-0.2, 0) is 10.0 Å². The number of piperazine rings is 1. The summed E-state index contributed by atoms with van der Waals surface area (Å²) in [6.45, 7) is 3.65. The predicted molar refractivity (Wildman–Crippen MR) is 88.2 cm³/mol. The molecule has 1 aliphatic rings. The van der Waals surface area contributed by atoms with E-state index in [-0.39, 0.29) is 20.9 Å². The minimum atomic E-state index is -3.55. The molecule has 2 N–H and O–H groups in total. The highest BCUT2D eigenvalue weighted by molar-refractivity contribution is 7.89. The molecule has 0 amide bonds. The maximum atomic E-state index is 12.7. The number of nitrogens with two attached hydrogens (primary N) is 1. The van der Waals surface area contributed by atoms with E-state index in [0.717, 1.165) is 0 Å². The second-order valence-corrected chi connectivity index (χ2v) is 7.98. The van der Waals surface area contributed by atoms with Crippen LogP contribution < -0.4 is 5.73 Å². The predicted octanol–water partition coefficient (Wildman–Crippen LogP) is 1.30. The first-order chi connectivity index (χ1) is 9.73. The highest BCUT2D eigenvalue weighted by Crippen LogP contribution is 2.24. The summed E-state index contributed by atoms with van der Waals surface area (Å²) in [6.07, 6.45) is 0. The first-order valence-corrected chi connectivity index (χ1v) is 8.76. The van der Waals surface area contributed by atoms with Gasteiger partial charge in [0.05, 0.1) is 9.92 Å². The van der Waals surface area contributed by atoms with Crippen molar-refractivity contribution < 1.29 is 8.42 Å². The van der Waals surface area contributed by atoms with E-state index in [1.807, 2.05) is 14.0 Å². The van der Waals surface area contributed by atoms with Crippen LogP contribution in [0.5, 0.6) is 0 Å². The van der Waals surface area contributed by atoms with Gasteiger partial charge in [-0.3, -0.25) is 0 Å². The fraction of sp³-hybridized carbons (Fsp3) is 0.462. The number of sulfonamides is 1. The Labute approximate surface area is 135 Å². The third kappa shape index (κ3) is 3.37. The molecule has 1 heterocycles. The van der Waals surface area contributed by atoms with Crippen molar-refractivity contribution in [3.63, 3.8) is 0 Å². The summed E-state index contributed by atoms with van der Waals surface area (Å²) < 4.78 is 26.8. The van der Waals surface area contributed by atoms with Gasteiger partial charge in [0.1, 0.15) is 4.99 Å². The quantitative estimate of drug-likeness (QED) is 0.835. The number of halogens is 1. The third-order valence-electron chi connectivity index (χ3n) is 3.77. The van der Waals surface area contributed by atoms with Crippen molar-refractivity contribution in [2.75, 3.05) is 26.7 Å². The molecule has 0 spiro atoms. The molecule has 1 aromatic rings. The van der Waals surface area contributed by atoms with Gasteiger partial charge in [0.25, 0.3) is 0 Å². The Morgan fingerprint density at radius 3 is 2.62 bits per heavy atom. The third-order valence-corrected chi connectivity index (χ3v) is 6.16. The summed E-state index contributed by atoms with van der Waals surface area (Å²) >= 11 is 10.9. The zero-order valence-corrected chi connectivity index (χ0v) is 14.3. The zero-order valence-electron chi connectivity index (χ0n) is 11.9. The number of nitrogens with zero attached hydrogens (tertiary/aromatic N) is 2. The summed E-state index contributed by atoms with van der Waals surface area (Å²) in [5, 5.41) is 0.255. The largest absolute Gasteiger partial charge is 0.389 e. The topological polar surface area (TPSA) is 66.6 Å². The van der Waals surface area contributed by atoms with Crippen molar-refractivity contribution in [2.45, 2.75) is 17.9 Å². The number of thiocarbonyl (C=S) groups is 1. The molecule has 116 valence electrons.